The normalized spacial score (nSPS) is 12.5. The Morgan fingerprint density at radius 3 is 2.17 bits per heavy atom. The Kier molecular flexibility index (Phi) is 12.4. The fourth-order valence-corrected chi connectivity index (χ4v) is 6.60. The largest absolute Gasteiger partial charge is 0.493 e. The molecule has 0 spiro atoms. The zero-order valence-corrected chi connectivity index (χ0v) is 28.8. The summed E-state index contributed by atoms with van der Waals surface area (Å²) in [7, 11) is -1.62. The van der Waals surface area contributed by atoms with Crippen molar-refractivity contribution in [2.24, 2.45) is 0 Å². The summed E-state index contributed by atoms with van der Waals surface area (Å²) in [5.41, 5.74) is 1.08. The fourth-order valence-electron chi connectivity index (χ4n) is 5.05. The molecule has 4 aromatic rings. The van der Waals surface area contributed by atoms with Gasteiger partial charge in [0.15, 0.2) is 11.5 Å². The molecule has 1 N–H and O–H groups in total. The fraction of sp³-hybridized carbons (Fsp3) is 0.278. The molecule has 2 amide bonds. The van der Waals surface area contributed by atoms with Gasteiger partial charge in [0.05, 0.1) is 24.8 Å². The van der Waals surface area contributed by atoms with Crippen LogP contribution in [0.5, 0.6) is 11.5 Å². The summed E-state index contributed by atoms with van der Waals surface area (Å²) in [6.45, 7) is 2.76. The topological polar surface area (TPSA) is 105 Å². The van der Waals surface area contributed by atoms with Crippen LogP contribution in [0.4, 0.5) is 10.1 Å². The Balaban J connectivity index is 1.84. The third kappa shape index (κ3) is 8.84. The summed E-state index contributed by atoms with van der Waals surface area (Å²) in [6, 6.07) is 23.8. The molecule has 0 aromatic heterocycles. The highest BCUT2D eigenvalue weighted by atomic mass is 35.5. The maximum Gasteiger partial charge on any atom is 0.264 e. The van der Waals surface area contributed by atoms with E-state index in [1.807, 2.05) is 44.2 Å². The number of sulfonamides is 1. The summed E-state index contributed by atoms with van der Waals surface area (Å²) in [5.74, 6) is -1.25. The second kappa shape index (κ2) is 16.5. The van der Waals surface area contributed by atoms with Crippen molar-refractivity contribution in [1.82, 2.24) is 10.2 Å². The van der Waals surface area contributed by atoms with E-state index in [0.29, 0.717) is 17.2 Å². The Labute approximate surface area is 286 Å². The summed E-state index contributed by atoms with van der Waals surface area (Å²) in [5, 5.41) is 3.32. The molecule has 2 atom stereocenters. The van der Waals surface area contributed by atoms with Crippen molar-refractivity contribution >= 4 is 39.1 Å². The molecule has 0 aliphatic rings. The maximum absolute atomic E-state index is 15.1. The highest BCUT2D eigenvalue weighted by molar-refractivity contribution is 7.92. The molecule has 4 rings (SSSR count). The van der Waals surface area contributed by atoms with E-state index in [1.54, 1.807) is 6.07 Å². The van der Waals surface area contributed by atoms with Crippen LogP contribution >= 0.6 is 11.6 Å². The third-order valence-corrected chi connectivity index (χ3v) is 9.93. The monoisotopic (exact) mass is 695 g/mol. The van der Waals surface area contributed by atoms with Gasteiger partial charge in [0.2, 0.25) is 11.8 Å². The minimum Gasteiger partial charge on any atom is -0.493 e. The molecule has 0 saturated heterocycles. The molecule has 0 heterocycles. The van der Waals surface area contributed by atoms with Crippen LogP contribution in [0.2, 0.25) is 5.02 Å². The van der Waals surface area contributed by atoms with Gasteiger partial charge in [0.25, 0.3) is 10.0 Å². The quantitative estimate of drug-likeness (QED) is 0.158. The Morgan fingerprint density at radius 2 is 1.54 bits per heavy atom. The lowest BCUT2D eigenvalue weighted by atomic mass is 10.0. The van der Waals surface area contributed by atoms with Gasteiger partial charge in [-0.2, -0.15) is 0 Å². The highest BCUT2D eigenvalue weighted by Gasteiger charge is 2.35. The average molecular weight is 696 g/mol. The van der Waals surface area contributed by atoms with Gasteiger partial charge in [-0.05, 0) is 61.4 Å². The second-order valence-corrected chi connectivity index (χ2v) is 13.4. The van der Waals surface area contributed by atoms with Crippen molar-refractivity contribution in [3.05, 3.63) is 119 Å². The van der Waals surface area contributed by atoms with E-state index in [9.17, 15) is 18.0 Å². The molecule has 0 saturated carbocycles. The number of benzene rings is 4. The minimum absolute atomic E-state index is 0.104. The van der Waals surface area contributed by atoms with Crippen molar-refractivity contribution in [3.63, 3.8) is 0 Å². The zero-order valence-electron chi connectivity index (χ0n) is 27.2. The maximum atomic E-state index is 15.1. The van der Waals surface area contributed by atoms with Gasteiger partial charge in [0.1, 0.15) is 18.4 Å². The summed E-state index contributed by atoms with van der Waals surface area (Å²) in [6.07, 6.45) is 0.742. The first kappa shape index (κ1) is 36.2. The predicted octanol–water partition coefficient (Wildman–Crippen LogP) is 6.25. The lowest BCUT2D eigenvalue weighted by Crippen LogP contribution is -2.54. The molecule has 48 heavy (non-hydrogen) atoms. The van der Waals surface area contributed by atoms with Gasteiger partial charge in [-0.3, -0.25) is 13.9 Å². The number of nitrogens with one attached hydrogen (secondary N) is 1. The first-order valence-corrected chi connectivity index (χ1v) is 17.2. The number of carbonyl (C=O) groups is 2. The molecule has 0 bridgehead atoms. The van der Waals surface area contributed by atoms with Crippen molar-refractivity contribution in [3.8, 4) is 11.5 Å². The predicted molar refractivity (Wildman–Crippen MR) is 184 cm³/mol. The second-order valence-electron chi connectivity index (χ2n) is 11.1. The van der Waals surface area contributed by atoms with E-state index < -0.39 is 40.2 Å². The number of nitrogens with zero attached hydrogens (tertiary/aromatic N) is 2. The van der Waals surface area contributed by atoms with E-state index in [0.717, 1.165) is 9.87 Å². The Morgan fingerprint density at radius 1 is 0.896 bits per heavy atom. The lowest BCUT2D eigenvalue weighted by molar-refractivity contribution is -0.140. The summed E-state index contributed by atoms with van der Waals surface area (Å²) < 4.78 is 55.3. The smallest absolute Gasteiger partial charge is 0.264 e. The van der Waals surface area contributed by atoms with Crippen LogP contribution in [0.15, 0.2) is 102 Å². The van der Waals surface area contributed by atoms with Crippen molar-refractivity contribution in [1.29, 1.82) is 0 Å². The number of hydrogen-bond acceptors (Lipinski definition) is 6. The van der Waals surface area contributed by atoms with Crippen molar-refractivity contribution in [2.75, 3.05) is 25.1 Å². The van der Waals surface area contributed by atoms with Crippen molar-refractivity contribution in [2.45, 2.75) is 50.2 Å². The third-order valence-electron chi connectivity index (χ3n) is 7.91. The van der Waals surface area contributed by atoms with E-state index in [4.69, 9.17) is 21.1 Å². The number of methoxy groups -OCH3 is 2. The highest BCUT2D eigenvalue weighted by Crippen LogP contribution is 2.33. The number of anilines is 1. The van der Waals surface area contributed by atoms with Gasteiger partial charge in [0, 0.05) is 35.7 Å². The molecule has 0 unspecified atom stereocenters. The number of amides is 2. The summed E-state index contributed by atoms with van der Waals surface area (Å²) in [4.78, 5) is 29.5. The molecular weight excluding hydrogens is 657 g/mol. The van der Waals surface area contributed by atoms with Crippen molar-refractivity contribution < 1.29 is 31.9 Å². The van der Waals surface area contributed by atoms with Crippen LogP contribution in [0.25, 0.3) is 0 Å². The van der Waals surface area contributed by atoms with E-state index in [2.05, 4.69) is 5.32 Å². The van der Waals surface area contributed by atoms with Crippen LogP contribution in [-0.2, 0) is 32.6 Å². The summed E-state index contributed by atoms with van der Waals surface area (Å²) >= 11 is 6.14. The number of ether oxygens (including phenoxy) is 2. The first-order valence-electron chi connectivity index (χ1n) is 15.4. The molecule has 0 fully saturated rings. The number of carbonyl (C=O) groups excluding carboxylic acids is 2. The first-order chi connectivity index (χ1) is 23.0. The Hall–Kier alpha value is -4.61. The van der Waals surface area contributed by atoms with Gasteiger partial charge >= 0.3 is 0 Å². The minimum atomic E-state index is -4.43. The molecule has 254 valence electrons. The van der Waals surface area contributed by atoms with E-state index in [1.165, 1.54) is 79.8 Å². The van der Waals surface area contributed by atoms with E-state index in [-0.39, 0.29) is 40.9 Å². The number of halogens is 2. The number of rotatable bonds is 15. The SMILES string of the molecule is CC[C@@H](C)NC(=O)[C@@H](Cc1ccccc1)N(Cc1ccccc1F)C(=O)CN(c1ccc(Cl)cc1)S(=O)(=O)c1ccc(OC)c(OC)c1. The molecular formula is C36H39ClFN3O6S. The van der Waals surface area contributed by atoms with Crippen LogP contribution < -0.4 is 19.1 Å². The molecule has 0 radical (unpaired) electrons. The molecule has 0 aliphatic heterocycles. The van der Waals surface area contributed by atoms with Crippen LogP contribution in [0.3, 0.4) is 0 Å². The molecule has 4 aromatic carbocycles. The molecule has 0 aliphatic carbocycles. The van der Waals surface area contributed by atoms with Crippen LogP contribution in [0, 0.1) is 5.82 Å². The van der Waals surface area contributed by atoms with Crippen LogP contribution in [0.1, 0.15) is 31.4 Å². The average Bonchev–Trinajstić information content (AvgIpc) is 3.09. The standard InChI is InChI=1S/C36H39ClFN3O6S/c1-5-25(2)39-36(43)32(21-26-11-7-6-8-12-26)40(23-27-13-9-10-14-31(27)38)35(42)24-41(29-17-15-28(37)16-18-29)48(44,45)30-19-20-33(46-3)34(22-30)47-4/h6-20,22,25,32H,5,21,23-24H2,1-4H3,(H,39,43)/t25-,32-/m1/s1. The van der Waals surface area contributed by atoms with Gasteiger partial charge in [-0.1, -0.05) is 67.1 Å². The molecule has 12 heteroatoms. The van der Waals surface area contributed by atoms with Gasteiger partial charge in [-0.25, -0.2) is 12.8 Å². The Bertz CT molecular complexity index is 1810. The zero-order chi connectivity index (χ0) is 34.8. The van der Waals surface area contributed by atoms with Gasteiger partial charge in [-0.15, -0.1) is 0 Å². The number of hydrogen-bond donors (Lipinski definition) is 1. The van der Waals surface area contributed by atoms with Crippen LogP contribution in [-0.4, -0.2) is 58.0 Å². The van der Waals surface area contributed by atoms with E-state index >= 15 is 4.39 Å². The van der Waals surface area contributed by atoms with Gasteiger partial charge < -0.3 is 19.7 Å². The molecule has 9 nitrogen and oxygen atoms in total. The lowest BCUT2D eigenvalue weighted by Gasteiger charge is -2.34.